The fraction of sp³-hybridized carbons (Fsp3) is 0.350. The Bertz CT molecular complexity index is 1120. The molecule has 8 nitrogen and oxygen atoms in total. The molecule has 32 heavy (non-hydrogen) atoms. The molecular formula is C20H18ClF3N6O2. The van der Waals surface area contributed by atoms with Crippen molar-refractivity contribution in [3.05, 3.63) is 58.8 Å². The summed E-state index contributed by atoms with van der Waals surface area (Å²) in [6.45, 7) is 2.46. The van der Waals surface area contributed by atoms with Crippen molar-refractivity contribution in [1.29, 1.82) is 0 Å². The van der Waals surface area contributed by atoms with E-state index in [9.17, 15) is 18.0 Å². The van der Waals surface area contributed by atoms with Crippen LogP contribution in [0.4, 0.5) is 13.2 Å². The molecule has 0 aromatic carbocycles. The maximum absolute atomic E-state index is 13.3. The van der Waals surface area contributed by atoms with Crippen molar-refractivity contribution in [2.24, 2.45) is 0 Å². The number of likely N-dealkylation sites (tertiary alicyclic amines) is 1. The van der Waals surface area contributed by atoms with Crippen LogP contribution in [0.5, 0.6) is 5.88 Å². The molecule has 1 amide bonds. The van der Waals surface area contributed by atoms with Gasteiger partial charge in [-0.1, -0.05) is 11.6 Å². The second-order valence-corrected chi connectivity index (χ2v) is 7.69. The van der Waals surface area contributed by atoms with Gasteiger partial charge in [0.2, 0.25) is 5.88 Å². The fourth-order valence-electron chi connectivity index (χ4n) is 3.40. The van der Waals surface area contributed by atoms with Crippen LogP contribution in [0.3, 0.4) is 0 Å². The predicted molar refractivity (Wildman–Crippen MR) is 108 cm³/mol. The van der Waals surface area contributed by atoms with Crippen molar-refractivity contribution < 1.29 is 22.7 Å². The minimum absolute atomic E-state index is 0.103. The van der Waals surface area contributed by atoms with Crippen molar-refractivity contribution in [3.8, 4) is 11.6 Å². The molecule has 1 aliphatic rings. The van der Waals surface area contributed by atoms with Crippen molar-refractivity contribution in [2.75, 3.05) is 13.1 Å². The van der Waals surface area contributed by atoms with E-state index >= 15 is 0 Å². The molecular weight excluding hydrogens is 449 g/mol. The summed E-state index contributed by atoms with van der Waals surface area (Å²) in [5, 5.41) is 7.91. The number of pyridine rings is 2. The van der Waals surface area contributed by atoms with Gasteiger partial charge in [-0.3, -0.25) is 4.79 Å². The van der Waals surface area contributed by atoms with E-state index < -0.39 is 17.8 Å². The molecule has 1 unspecified atom stereocenters. The predicted octanol–water partition coefficient (Wildman–Crippen LogP) is 3.72. The number of alkyl halides is 3. The lowest BCUT2D eigenvalue weighted by atomic mass is 10.1. The Kier molecular flexibility index (Phi) is 6.00. The average molecular weight is 467 g/mol. The molecule has 1 saturated heterocycles. The molecule has 1 aliphatic heterocycles. The van der Waals surface area contributed by atoms with Gasteiger partial charge < -0.3 is 9.64 Å². The molecule has 0 N–H and O–H groups in total. The van der Waals surface area contributed by atoms with Crippen LogP contribution in [0.15, 0.2) is 36.8 Å². The third-order valence-corrected chi connectivity index (χ3v) is 5.20. The van der Waals surface area contributed by atoms with E-state index in [4.69, 9.17) is 16.3 Å². The molecule has 168 valence electrons. The van der Waals surface area contributed by atoms with Gasteiger partial charge in [-0.15, -0.1) is 4.80 Å². The molecule has 0 radical (unpaired) electrons. The zero-order valence-electron chi connectivity index (χ0n) is 16.9. The molecule has 3 aromatic rings. The van der Waals surface area contributed by atoms with Crippen LogP contribution in [0.25, 0.3) is 5.69 Å². The summed E-state index contributed by atoms with van der Waals surface area (Å²) in [6.07, 6.45) is -0.129. The highest BCUT2D eigenvalue weighted by atomic mass is 35.5. The molecule has 0 bridgehead atoms. The van der Waals surface area contributed by atoms with Crippen LogP contribution in [-0.2, 0) is 6.18 Å². The summed E-state index contributed by atoms with van der Waals surface area (Å²) in [5.41, 5.74) is 0.351. The maximum Gasteiger partial charge on any atom is 0.417 e. The first-order chi connectivity index (χ1) is 15.2. The maximum atomic E-state index is 13.3. The highest BCUT2D eigenvalue weighted by Crippen LogP contribution is 2.34. The average Bonchev–Trinajstić information content (AvgIpc) is 3.29. The Hall–Kier alpha value is -3.21. The van der Waals surface area contributed by atoms with Crippen molar-refractivity contribution in [3.63, 3.8) is 0 Å². The van der Waals surface area contributed by atoms with E-state index in [1.807, 2.05) is 0 Å². The Balaban J connectivity index is 1.52. The third kappa shape index (κ3) is 4.67. The van der Waals surface area contributed by atoms with Crippen LogP contribution in [0.1, 0.15) is 34.6 Å². The molecule has 0 spiro atoms. The molecule has 1 fully saturated rings. The summed E-state index contributed by atoms with van der Waals surface area (Å²) < 4.78 is 44.2. The summed E-state index contributed by atoms with van der Waals surface area (Å²) in [5.74, 6) is -0.421. The van der Waals surface area contributed by atoms with E-state index in [-0.39, 0.29) is 29.0 Å². The number of hydrogen-bond donors (Lipinski definition) is 0. The lowest BCUT2D eigenvalue weighted by Crippen LogP contribution is -2.45. The van der Waals surface area contributed by atoms with Crippen LogP contribution in [0.2, 0.25) is 5.02 Å². The monoisotopic (exact) mass is 466 g/mol. The van der Waals surface area contributed by atoms with Crippen LogP contribution < -0.4 is 4.74 Å². The Morgan fingerprint density at radius 2 is 2.00 bits per heavy atom. The quantitative estimate of drug-likeness (QED) is 0.582. The van der Waals surface area contributed by atoms with Gasteiger partial charge in [0.25, 0.3) is 5.91 Å². The number of halogens is 4. The first-order valence-corrected chi connectivity index (χ1v) is 10.1. The van der Waals surface area contributed by atoms with Gasteiger partial charge in [0.15, 0.2) is 5.69 Å². The highest BCUT2D eigenvalue weighted by Gasteiger charge is 2.33. The standard InChI is InChI=1S/C20H18ClF3N6O2/c1-12-4-5-16(30-26-6-7-27-30)17(28-12)19(31)29-8-2-3-14(11-29)32-18-15(21)9-13(10-25-18)20(22,23)24/h4-7,9-10,14H,2-3,8,11H2,1H3. The minimum atomic E-state index is -4.55. The number of aryl methyl sites for hydroxylation is 1. The fourth-order valence-corrected chi connectivity index (χ4v) is 3.61. The zero-order valence-corrected chi connectivity index (χ0v) is 17.6. The van der Waals surface area contributed by atoms with E-state index in [0.717, 1.165) is 6.07 Å². The van der Waals surface area contributed by atoms with Gasteiger partial charge in [0.1, 0.15) is 16.8 Å². The second-order valence-electron chi connectivity index (χ2n) is 7.28. The number of nitrogens with zero attached hydrogens (tertiary/aromatic N) is 6. The minimum Gasteiger partial charge on any atom is -0.471 e. The topological polar surface area (TPSA) is 86.0 Å². The van der Waals surface area contributed by atoms with Gasteiger partial charge in [-0.25, -0.2) is 9.97 Å². The van der Waals surface area contributed by atoms with Crippen molar-refractivity contribution >= 4 is 17.5 Å². The molecule has 4 rings (SSSR count). The summed E-state index contributed by atoms with van der Waals surface area (Å²) in [4.78, 5) is 24.3. The van der Waals surface area contributed by atoms with Crippen LogP contribution >= 0.6 is 11.6 Å². The molecule has 0 saturated carbocycles. The molecule has 0 aliphatic carbocycles. The highest BCUT2D eigenvalue weighted by molar-refractivity contribution is 6.31. The summed E-state index contributed by atoms with van der Waals surface area (Å²) in [7, 11) is 0. The Labute approximate surface area is 186 Å². The van der Waals surface area contributed by atoms with Crippen LogP contribution in [-0.4, -0.2) is 55.0 Å². The molecule has 4 heterocycles. The largest absolute Gasteiger partial charge is 0.471 e. The number of piperidine rings is 1. The smallest absolute Gasteiger partial charge is 0.417 e. The first-order valence-electron chi connectivity index (χ1n) is 9.75. The molecule has 3 aromatic heterocycles. The van der Waals surface area contributed by atoms with Gasteiger partial charge in [-0.05, 0) is 38.0 Å². The van der Waals surface area contributed by atoms with Gasteiger partial charge >= 0.3 is 6.18 Å². The first kappa shape index (κ1) is 22.0. The number of rotatable bonds is 4. The number of amides is 1. The lowest BCUT2D eigenvalue weighted by molar-refractivity contribution is -0.137. The van der Waals surface area contributed by atoms with Gasteiger partial charge in [0, 0.05) is 18.4 Å². The molecule has 1 atom stereocenters. The number of carbonyl (C=O) groups is 1. The zero-order chi connectivity index (χ0) is 22.9. The summed E-state index contributed by atoms with van der Waals surface area (Å²) >= 11 is 5.95. The normalized spacial score (nSPS) is 16.8. The molecule has 12 heteroatoms. The number of hydrogen-bond acceptors (Lipinski definition) is 6. The Morgan fingerprint density at radius 1 is 1.25 bits per heavy atom. The SMILES string of the molecule is Cc1ccc(-n2nccn2)c(C(=O)N2CCCC(Oc3ncc(C(F)(F)F)cc3Cl)C2)n1. The summed E-state index contributed by atoms with van der Waals surface area (Å²) in [6, 6.07) is 4.25. The van der Waals surface area contributed by atoms with Gasteiger partial charge in [0.05, 0.1) is 24.5 Å². The Morgan fingerprint density at radius 3 is 2.69 bits per heavy atom. The van der Waals surface area contributed by atoms with Crippen molar-refractivity contribution in [1.82, 2.24) is 29.9 Å². The number of aromatic nitrogens is 5. The third-order valence-electron chi connectivity index (χ3n) is 4.93. The van der Waals surface area contributed by atoms with E-state index in [2.05, 4.69) is 20.2 Å². The van der Waals surface area contributed by atoms with E-state index in [1.165, 1.54) is 17.2 Å². The number of carbonyl (C=O) groups excluding carboxylic acids is 1. The van der Waals surface area contributed by atoms with Gasteiger partial charge in [-0.2, -0.15) is 23.4 Å². The van der Waals surface area contributed by atoms with Crippen molar-refractivity contribution in [2.45, 2.75) is 32.0 Å². The lowest BCUT2D eigenvalue weighted by Gasteiger charge is -2.32. The number of ether oxygens (including phenoxy) is 1. The van der Waals surface area contributed by atoms with Crippen LogP contribution in [0, 0.1) is 6.92 Å². The second kappa shape index (κ2) is 8.73. The van der Waals surface area contributed by atoms with E-state index in [1.54, 1.807) is 24.0 Å². The van der Waals surface area contributed by atoms with E-state index in [0.29, 0.717) is 37.0 Å².